The summed E-state index contributed by atoms with van der Waals surface area (Å²) in [6.07, 6.45) is 1.18. The SMILES string of the molecule is CCC1CN(c2cc(CN)nc3ccccc23)CCN1C. The van der Waals surface area contributed by atoms with Gasteiger partial charge >= 0.3 is 0 Å². The summed E-state index contributed by atoms with van der Waals surface area (Å²) in [7, 11) is 2.22. The van der Waals surface area contributed by atoms with Crippen LogP contribution in [0.25, 0.3) is 10.9 Å². The van der Waals surface area contributed by atoms with Gasteiger partial charge in [-0.1, -0.05) is 25.1 Å². The van der Waals surface area contributed by atoms with Gasteiger partial charge in [0.2, 0.25) is 0 Å². The maximum Gasteiger partial charge on any atom is 0.0726 e. The Kier molecular flexibility index (Phi) is 4.08. The average molecular weight is 284 g/mol. The third-order valence-corrected chi connectivity index (χ3v) is 4.55. The van der Waals surface area contributed by atoms with Crippen molar-refractivity contribution in [2.75, 3.05) is 31.6 Å². The number of para-hydroxylation sites is 1. The molecule has 1 saturated heterocycles. The van der Waals surface area contributed by atoms with Crippen LogP contribution in [0, 0.1) is 0 Å². The lowest BCUT2D eigenvalue weighted by molar-refractivity contribution is 0.213. The number of piperazine rings is 1. The molecule has 21 heavy (non-hydrogen) atoms. The largest absolute Gasteiger partial charge is 0.368 e. The number of hydrogen-bond donors (Lipinski definition) is 1. The highest BCUT2D eigenvalue weighted by Crippen LogP contribution is 2.28. The summed E-state index contributed by atoms with van der Waals surface area (Å²) in [5.41, 5.74) is 9.12. The molecule has 1 unspecified atom stereocenters. The molecule has 1 atom stereocenters. The summed E-state index contributed by atoms with van der Waals surface area (Å²) in [5, 5.41) is 1.23. The first kappa shape index (κ1) is 14.3. The minimum Gasteiger partial charge on any atom is -0.368 e. The summed E-state index contributed by atoms with van der Waals surface area (Å²) in [6, 6.07) is 11.1. The molecule has 1 fully saturated rings. The van der Waals surface area contributed by atoms with E-state index < -0.39 is 0 Å². The molecule has 1 aliphatic rings. The van der Waals surface area contributed by atoms with E-state index in [-0.39, 0.29) is 0 Å². The maximum absolute atomic E-state index is 5.83. The summed E-state index contributed by atoms with van der Waals surface area (Å²) in [6.45, 7) is 5.99. The van der Waals surface area contributed by atoms with Crippen molar-refractivity contribution in [3.8, 4) is 0 Å². The summed E-state index contributed by atoms with van der Waals surface area (Å²) < 4.78 is 0. The Morgan fingerprint density at radius 3 is 2.86 bits per heavy atom. The van der Waals surface area contributed by atoms with Gasteiger partial charge in [-0.05, 0) is 25.6 Å². The first-order chi connectivity index (χ1) is 10.2. The van der Waals surface area contributed by atoms with E-state index in [4.69, 9.17) is 5.73 Å². The van der Waals surface area contributed by atoms with Crippen LogP contribution in [0.1, 0.15) is 19.0 Å². The highest BCUT2D eigenvalue weighted by Gasteiger charge is 2.24. The third-order valence-electron chi connectivity index (χ3n) is 4.55. The minimum absolute atomic E-state index is 0.489. The van der Waals surface area contributed by atoms with E-state index in [0.717, 1.165) is 30.8 Å². The van der Waals surface area contributed by atoms with Gasteiger partial charge in [0.25, 0.3) is 0 Å². The van der Waals surface area contributed by atoms with Gasteiger partial charge in [0.05, 0.1) is 11.2 Å². The first-order valence-electron chi connectivity index (χ1n) is 7.77. The smallest absolute Gasteiger partial charge is 0.0726 e. The van der Waals surface area contributed by atoms with Gasteiger partial charge in [0, 0.05) is 43.3 Å². The molecule has 0 aliphatic carbocycles. The molecular formula is C17H24N4. The molecular weight excluding hydrogens is 260 g/mol. The van der Waals surface area contributed by atoms with Crippen molar-refractivity contribution < 1.29 is 0 Å². The molecule has 0 saturated carbocycles. The van der Waals surface area contributed by atoms with Crippen molar-refractivity contribution in [2.45, 2.75) is 25.9 Å². The van der Waals surface area contributed by atoms with E-state index in [1.54, 1.807) is 0 Å². The van der Waals surface area contributed by atoms with Gasteiger partial charge in [0.15, 0.2) is 0 Å². The maximum atomic E-state index is 5.83. The lowest BCUT2D eigenvalue weighted by Gasteiger charge is -2.40. The second-order valence-electron chi connectivity index (χ2n) is 5.84. The third kappa shape index (κ3) is 2.74. The number of nitrogens with two attached hydrogens (primary N) is 1. The van der Waals surface area contributed by atoms with Gasteiger partial charge in [0.1, 0.15) is 0 Å². The van der Waals surface area contributed by atoms with Crippen molar-refractivity contribution in [3.05, 3.63) is 36.0 Å². The van der Waals surface area contributed by atoms with E-state index in [2.05, 4.69) is 53.0 Å². The second kappa shape index (κ2) is 6.00. The van der Waals surface area contributed by atoms with Crippen LogP contribution in [0.2, 0.25) is 0 Å². The molecule has 4 nitrogen and oxygen atoms in total. The fraction of sp³-hybridized carbons (Fsp3) is 0.471. The zero-order valence-electron chi connectivity index (χ0n) is 12.9. The van der Waals surface area contributed by atoms with Gasteiger partial charge < -0.3 is 10.6 Å². The number of nitrogens with zero attached hydrogens (tertiary/aromatic N) is 3. The fourth-order valence-electron chi connectivity index (χ4n) is 3.18. The number of anilines is 1. The van der Waals surface area contributed by atoms with E-state index in [9.17, 15) is 0 Å². The molecule has 4 heteroatoms. The number of pyridine rings is 1. The highest BCUT2D eigenvalue weighted by atomic mass is 15.3. The Balaban J connectivity index is 2.02. The van der Waals surface area contributed by atoms with Crippen LogP contribution in [0.5, 0.6) is 0 Å². The van der Waals surface area contributed by atoms with Gasteiger partial charge in [-0.3, -0.25) is 9.88 Å². The number of rotatable bonds is 3. The lowest BCUT2D eigenvalue weighted by atomic mass is 10.1. The molecule has 1 aliphatic heterocycles. The summed E-state index contributed by atoms with van der Waals surface area (Å²) >= 11 is 0. The van der Waals surface area contributed by atoms with Crippen LogP contribution in [-0.2, 0) is 6.54 Å². The van der Waals surface area contributed by atoms with Crippen molar-refractivity contribution in [3.63, 3.8) is 0 Å². The molecule has 2 heterocycles. The number of likely N-dealkylation sites (N-methyl/N-ethyl adjacent to an activating group) is 1. The Morgan fingerprint density at radius 2 is 2.10 bits per heavy atom. The number of benzene rings is 1. The van der Waals surface area contributed by atoms with Crippen molar-refractivity contribution in [1.82, 2.24) is 9.88 Å². The van der Waals surface area contributed by atoms with E-state index in [0.29, 0.717) is 12.6 Å². The Labute approximate surface area is 126 Å². The molecule has 2 aromatic rings. The predicted molar refractivity (Wildman–Crippen MR) is 88.6 cm³/mol. The number of aromatic nitrogens is 1. The highest BCUT2D eigenvalue weighted by molar-refractivity contribution is 5.92. The van der Waals surface area contributed by atoms with Crippen LogP contribution >= 0.6 is 0 Å². The monoisotopic (exact) mass is 284 g/mol. The fourth-order valence-corrected chi connectivity index (χ4v) is 3.18. The van der Waals surface area contributed by atoms with Crippen LogP contribution < -0.4 is 10.6 Å². The molecule has 0 bridgehead atoms. The van der Waals surface area contributed by atoms with E-state index in [1.165, 1.54) is 17.5 Å². The van der Waals surface area contributed by atoms with Crippen molar-refractivity contribution in [2.24, 2.45) is 5.73 Å². The van der Waals surface area contributed by atoms with Crippen molar-refractivity contribution in [1.29, 1.82) is 0 Å². The molecule has 2 N–H and O–H groups in total. The Morgan fingerprint density at radius 1 is 1.29 bits per heavy atom. The lowest BCUT2D eigenvalue weighted by Crippen LogP contribution is -2.51. The number of hydrogen-bond acceptors (Lipinski definition) is 4. The predicted octanol–water partition coefficient (Wildman–Crippen LogP) is 2.22. The molecule has 1 aromatic heterocycles. The van der Waals surface area contributed by atoms with E-state index in [1.807, 2.05) is 6.07 Å². The summed E-state index contributed by atoms with van der Waals surface area (Å²) in [4.78, 5) is 9.60. The molecule has 0 amide bonds. The molecule has 0 radical (unpaired) electrons. The van der Waals surface area contributed by atoms with Crippen LogP contribution in [0.15, 0.2) is 30.3 Å². The van der Waals surface area contributed by atoms with E-state index >= 15 is 0 Å². The Bertz CT molecular complexity index is 625. The van der Waals surface area contributed by atoms with Crippen LogP contribution in [-0.4, -0.2) is 42.6 Å². The standard InChI is InChI=1S/C17H24N4/c1-3-14-12-21(9-8-20(14)2)17-10-13(11-18)19-16-7-5-4-6-15(16)17/h4-7,10,14H,3,8-9,11-12,18H2,1-2H3. The van der Waals surface area contributed by atoms with Gasteiger partial charge in [-0.25, -0.2) is 0 Å². The molecule has 0 spiro atoms. The molecule has 112 valence electrons. The zero-order valence-corrected chi connectivity index (χ0v) is 12.9. The zero-order chi connectivity index (χ0) is 14.8. The first-order valence-corrected chi connectivity index (χ1v) is 7.77. The van der Waals surface area contributed by atoms with Crippen molar-refractivity contribution >= 4 is 16.6 Å². The summed E-state index contributed by atoms with van der Waals surface area (Å²) in [5.74, 6) is 0. The van der Waals surface area contributed by atoms with Gasteiger partial charge in [-0.2, -0.15) is 0 Å². The quantitative estimate of drug-likeness (QED) is 0.939. The topological polar surface area (TPSA) is 45.4 Å². The average Bonchev–Trinajstić information content (AvgIpc) is 2.54. The molecule has 3 rings (SSSR count). The Hall–Kier alpha value is -1.65. The minimum atomic E-state index is 0.489. The van der Waals surface area contributed by atoms with Gasteiger partial charge in [-0.15, -0.1) is 0 Å². The van der Waals surface area contributed by atoms with Crippen LogP contribution in [0.4, 0.5) is 5.69 Å². The van der Waals surface area contributed by atoms with Crippen LogP contribution in [0.3, 0.4) is 0 Å². The second-order valence-corrected chi connectivity index (χ2v) is 5.84. The normalized spacial score (nSPS) is 20.1. The molecule has 1 aromatic carbocycles. The number of fused-ring (bicyclic) bond motifs is 1.